The summed E-state index contributed by atoms with van der Waals surface area (Å²) in [4.78, 5) is 33.8. The van der Waals surface area contributed by atoms with E-state index in [9.17, 15) is 14.4 Å². The molecule has 1 amide bonds. The van der Waals surface area contributed by atoms with Gasteiger partial charge in [0.05, 0.1) is 6.42 Å². The molecule has 1 rings (SSSR count). The third-order valence-corrected chi connectivity index (χ3v) is 5.15. The van der Waals surface area contributed by atoms with E-state index in [0.29, 0.717) is 12.3 Å². The van der Waals surface area contributed by atoms with Crippen LogP contribution >= 0.6 is 0 Å². The Morgan fingerprint density at radius 2 is 1.70 bits per heavy atom. The number of carboxylic acid groups (broad SMARTS) is 1. The predicted octanol–water partition coefficient (Wildman–Crippen LogP) is 4.24. The van der Waals surface area contributed by atoms with Crippen molar-refractivity contribution in [3.63, 3.8) is 0 Å². The first-order valence-corrected chi connectivity index (χ1v) is 10.1. The molecule has 1 fully saturated rings. The monoisotopic (exact) mass is 385 g/mol. The van der Waals surface area contributed by atoms with Crippen LogP contribution < -0.4 is 5.32 Å². The van der Waals surface area contributed by atoms with Crippen molar-refractivity contribution in [2.45, 2.75) is 97.3 Å². The van der Waals surface area contributed by atoms with Crippen LogP contribution in [0.25, 0.3) is 0 Å². The van der Waals surface area contributed by atoms with Crippen molar-refractivity contribution in [2.75, 3.05) is 0 Å². The van der Waals surface area contributed by atoms with Gasteiger partial charge in [-0.05, 0) is 24.7 Å². The number of esters is 1. The molecule has 0 aromatic rings. The minimum Gasteiger partial charge on any atom is -0.481 e. The number of carbonyl (C=O) groups is 3. The highest BCUT2D eigenvalue weighted by Crippen LogP contribution is 2.29. The summed E-state index contributed by atoms with van der Waals surface area (Å²) in [7, 11) is 0. The smallest absolute Gasteiger partial charge is 0.410 e. The standard InChI is InChI=1S/C20H35NO6/c1-14(9-11-17-7-5-4-6-8-17)10-12-18(13-19(23)24)21-20(25)27-16(3)26-15(2)22/h14,16-18H,4-13H2,1-3H3,(H,21,25)(H,23,24)/t14-,16-,18+/m1/s1. The van der Waals surface area contributed by atoms with Gasteiger partial charge in [-0.1, -0.05) is 51.9 Å². The van der Waals surface area contributed by atoms with Crippen molar-refractivity contribution in [1.29, 1.82) is 0 Å². The highest BCUT2D eigenvalue weighted by Gasteiger charge is 2.21. The molecule has 156 valence electrons. The lowest BCUT2D eigenvalue weighted by Gasteiger charge is -2.24. The molecular formula is C20H35NO6. The van der Waals surface area contributed by atoms with E-state index >= 15 is 0 Å². The summed E-state index contributed by atoms with van der Waals surface area (Å²) < 4.78 is 9.65. The molecule has 27 heavy (non-hydrogen) atoms. The molecule has 0 saturated heterocycles. The molecule has 7 heteroatoms. The third kappa shape index (κ3) is 11.5. The zero-order chi connectivity index (χ0) is 20.2. The number of alkyl carbamates (subject to hydrolysis) is 1. The van der Waals surface area contributed by atoms with Gasteiger partial charge < -0.3 is 19.9 Å². The van der Waals surface area contributed by atoms with Crippen LogP contribution in [-0.4, -0.2) is 35.5 Å². The highest BCUT2D eigenvalue weighted by atomic mass is 16.7. The van der Waals surface area contributed by atoms with Gasteiger partial charge in [0.1, 0.15) is 0 Å². The Balaban J connectivity index is 2.35. The molecule has 0 aromatic carbocycles. The lowest BCUT2D eigenvalue weighted by Crippen LogP contribution is -2.39. The van der Waals surface area contributed by atoms with Crippen molar-refractivity contribution >= 4 is 18.0 Å². The van der Waals surface area contributed by atoms with E-state index in [2.05, 4.69) is 12.2 Å². The van der Waals surface area contributed by atoms with E-state index in [0.717, 1.165) is 18.8 Å². The van der Waals surface area contributed by atoms with E-state index in [-0.39, 0.29) is 6.42 Å². The maximum atomic E-state index is 11.9. The molecule has 1 saturated carbocycles. The van der Waals surface area contributed by atoms with Crippen LogP contribution in [-0.2, 0) is 19.1 Å². The number of carboxylic acids is 1. The Morgan fingerprint density at radius 3 is 2.30 bits per heavy atom. The normalized spacial score (nSPS) is 18.2. The predicted molar refractivity (Wildman–Crippen MR) is 101 cm³/mol. The van der Waals surface area contributed by atoms with Crippen molar-refractivity contribution in [2.24, 2.45) is 11.8 Å². The van der Waals surface area contributed by atoms with Crippen LogP contribution in [0.3, 0.4) is 0 Å². The molecule has 2 N–H and O–H groups in total. The fourth-order valence-electron chi connectivity index (χ4n) is 3.67. The molecule has 0 spiro atoms. The second-order valence-electron chi connectivity index (χ2n) is 7.79. The molecule has 0 unspecified atom stereocenters. The molecule has 1 aliphatic carbocycles. The molecule has 0 bridgehead atoms. The van der Waals surface area contributed by atoms with E-state index in [1.54, 1.807) is 0 Å². The van der Waals surface area contributed by atoms with Crippen molar-refractivity contribution < 1.29 is 29.0 Å². The summed E-state index contributed by atoms with van der Waals surface area (Å²) >= 11 is 0. The molecule has 3 atom stereocenters. The maximum absolute atomic E-state index is 11.9. The minimum absolute atomic E-state index is 0.160. The zero-order valence-electron chi connectivity index (χ0n) is 16.9. The summed E-state index contributed by atoms with van der Waals surface area (Å²) in [5.74, 6) is -0.194. The van der Waals surface area contributed by atoms with Crippen LogP contribution in [0.4, 0.5) is 4.79 Å². The number of ether oxygens (including phenoxy) is 2. The van der Waals surface area contributed by atoms with Gasteiger partial charge in [0.15, 0.2) is 0 Å². The van der Waals surface area contributed by atoms with Gasteiger partial charge in [-0.2, -0.15) is 0 Å². The first-order valence-electron chi connectivity index (χ1n) is 10.1. The van der Waals surface area contributed by atoms with Crippen LogP contribution in [0.15, 0.2) is 0 Å². The quantitative estimate of drug-likeness (QED) is 0.407. The van der Waals surface area contributed by atoms with Gasteiger partial charge in [0, 0.05) is 19.9 Å². The lowest BCUT2D eigenvalue weighted by molar-refractivity contribution is -0.162. The zero-order valence-corrected chi connectivity index (χ0v) is 16.9. The first kappa shape index (κ1) is 23.2. The number of aliphatic carboxylic acids is 1. The van der Waals surface area contributed by atoms with Gasteiger partial charge in [-0.15, -0.1) is 0 Å². The fraction of sp³-hybridized carbons (Fsp3) is 0.850. The van der Waals surface area contributed by atoms with Crippen LogP contribution in [0.5, 0.6) is 0 Å². The highest BCUT2D eigenvalue weighted by molar-refractivity contribution is 5.71. The van der Waals surface area contributed by atoms with E-state index in [4.69, 9.17) is 14.6 Å². The fourth-order valence-corrected chi connectivity index (χ4v) is 3.67. The van der Waals surface area contributed by atoms with E-state index < -0.39 is 30.4 Å². The number of hydrogen-bond acceptors (Lipinski definition) is 5. The second kappa shape index (κ2) is 12.6. The SMILES string of the molecule is CC(=O)O[C@@H](C)OC(=O)N[C@@H](CC[C@H](C)CCC1CCCCC1)CC(=O)O. The van der Waals surface area contributed by atoms with Crippen LogP contribution in [0.2, 0.25) is 0 Å². The molecule has 1 aliphatic rings. The third-order valence-electron chi connectivity index (χ3n) is 5.15. The summed E-state index contributed by atoms with van der Waals surface area (Å²) in [6, 6.07) is -0.503. The maximum Gasteiger partial charge on any atom is 0.410 e. The first-order chi connectivity index (χ1) is 12.8. The molecule has 0 heterocycles. The lowest BCUT2D eigenvalue weighted by atomic mass is 9.83. The van der Waals surface area contributed by atoms with Gasteiger partial charge in [-0.25, -0.2) is 4.79 Å². The summed E-state index contributed by atoms with van der Waals surface area (Å²) in [6.07, 6.45) is 8.58. The van der Waals surface area contributed by atoms with E-state index in [1.807, 2.05) is 0 Å². The average Bonchev–Trinajstić information content (AvgIpc) is 2.57. The second-order valence-corrected chi connectivity index (χ2v) is 7.79. The molecule has 7 nitrogen and oxygen atoms in total. The molecule has 0 aromatic heterocycles. The van der Waals surface area contributed by atoms with Crippen molar-refractivity contribution in [1.82, 2.24) is 5.32 Å². The topological polar surface area (TPSA) is 102 Å². The average molecular weight is 386 g/mol. The number of carbonyl (C=O) groups excluding carboxylic acids is 2. The summed E-state index contributed by atoms with van der Waals surface area (Å²) in [5.41, 5.74) is 0. The summed E-state index contributed by atoms with van der Waals surface area (Å²) in [6.45, 7) is 4.84. The number of amides is 1. The van der Waals surface area contributed by atoms with Crippen molar-refractivity contribution in [3.05, 3.63) is 0 Å². The van der Waals surface area contributed by atoms with Gasteiger partial charge in [0.2, 0.25) is 6.29 Å². The number of rotatable bonds is 11. The number of nitrogens with one attached hydrogen (secondary N) is 1. The summed E-state index contributed by atoms with van der Waals surface area (Å²) in [5, 5.41) is 11.7. The van der Waals surface area contributed by atoms with Gasteiger partial charge >= 0.3 is 18.0 Å². The molecule has 0 radical (unpaired) electrons. The van der Waals surface area contributed by atoms with Gasteiger partial charge in [-0.3, -0.25) is 9.59 Å². The molecular weight excluding hydrogens is 350 g/mol. The van der Waals surface area contributed by atoms with Crippen molar-refractivity contribution in [3.8, 4) is 0 Å². The Kier molecular flexibility index (Phi) is 10.8. The van der Waals surface area contributed by atoms with Crippen LogP contribution in [0, 0.1) is 11.8 Å². The Labute approximate surface area is 162 Å². The number of hydrogen-bond donors (Lipinski definition) is 2. The Bertz CT molecular complexity index is 475. The largest absolute Gasteiger partial charge is 0.481 e. The minimum atomic E-state index is -1.01. The van der Waals surface area contributed by atoms with E-state index in [1.165, 1.54) is 52.4 Å². The Hall–Kier alpha value is -1.79. The van der Waals surface area contributed by atoms with Gasteiger partial charge in [0.25, 0.3) is 0 Å². The molecule has 0 aliphatic heterocycles. The van der Waals surface area contributed by atoms with Crippen LogP contribution in [0.1, 0.15) is 85.0 Å². The Morgan fingerprint density at radius 1 is 1.04 bits per heavy atom.